The molecule has 0 aliphatic rings. The van der Waals surface area contributed by atoms with Crippen molar-refractivity contribution in [3.8, 4) is 5.75 Å². The fourth-order valence-electron chi connectivity index (χ4n) is 2.26. The van der Waals surface area contributed by atoms with Crippen LogP contribution in [-0.2, 0) is 4.79 Å². The average Bonchev–Trinajstić information content (AvgIpc) is 2.58. The van der Waals surface area contributed by atoms with Crippen LogP contribution in [0, 0.1) is 5.82 Å². The van der Waals surface area contributed by atoms with Gasteiger partial charge in [0.25, 0.3) is 5.91 Å². The Kier molecular flexibility index (Phi) is 5.89. The van der Waals surface area contributed by atoms with Gasteiger partial charge < -0.3 is 15.0 Å². The summed E-state index contributed by atoms with van der Waals surface area (Å²) in [4.78, 5) is 25.3. The van der Waals surface area contributed by atoms with Crippen LogP contribution in [0.2, 0.25) is 0 Å². The van der Waals surface area contributed by atoms with E-state index in [0.717, 1.165) is 0 Å². The van der Waals surface area contributed by atoms with E-state index in [1.165, 1.54) is 37.1 Å². The maximum Gasteiger partial charge on any atom is 0.251 e. The normalized spacial score (nSPS) is 10.1. The number of ether oxygens (including phenoxy) is 1. The minimum Gasteiger partial charge on any atom is -0.497 e. The van der Waals surface area contributed by atoms with Crippen LogP contribution in [0.3, 0.4) is 0 Å². The second-order valence-electron chi connectivity index (χ2n) is 5.14. The summed E-state index contributed by atoms with van der Waals surface area (Å²) in [5.41, 5.74) is 0.924. The summed E-state index contributed by atoms with van der Waals surface area (Å²) in [7, 11) is 1.53. The number of amides is 2. The number of rotatable bonds is 6. The molecule has 0 bridgehead atoms. The Balaban J connectivity index is 1.97. The van der Waals surface area contributed by atoms with Gasteiger partial charge in [0.05, 0.1) is 7.11 Å². The van der Waals surface area contributed by atoms with Gasteiger partial charge in [0, 0.05) is 31.3 Å². The number of benzene rings is 2. The number of carbonyl (C=O) groups is 2. The molecule has 5 nitrogen and oxygen atoms in total. The highest BCUT2D eigenvalue weighted by Crippen LogP contribution is 2.15. The third kappa shape index (κ3) is 4.55. The van der Waals surface area contributed by atoms with E-state index >= 15 is 0 Å². The molecule has 2 aromatic carbocycles. The van der Waals surface area contributed by atoms with Gasteiger partial charge in [0.15, 0.2) is 0 Å². The molecule has 126 valence electrons. The lowest BCUT2D eigenvalue weighted by molar-refractivity contribution is -0.116. The van der Waals surface area contributed by atoms with Gasteiger partial charge in [-0.05, 0) is 36.4 Å². The molecule has 24 heavy (non-hydrogen) atoms. The first-order chi connectivity index (χ1) is 11.5. The van der Waals surface area contributed by atoms with Crippen molar-refractivity contribution in [2.45, 2.75) is 6.92 Å². The monoisotopic (exact) mass is 330 g/mol. The number of hydrogen-bond acceptors (Lipinski definition) is 3. The molecule has 0 atom stereocenters. The van der Waals surface area contributed by atoms with Crippen molar-refractivity contribution in [3.63, 3.8) is 0 Å². The minimum atomic E-state index is -0.417. The van der Waals surface area contributed by atoms with Crippen molar-refractivity contribution in [3.05, 3.63) is 59.9 Å². The molecule has 0 fully saturated rings. The van der Waals surface area contributed by atoms with E-state index in [1.807, 2.05) is 0 Å². The molecule has 0 radical (unpaired) electrons. The van der Waals surface area contributed by atoms with Gasteiger partial charge >= 0.3 is 0 Å². The van der Waals surface area contributed by atoms with Crippen LogP contribution in [0.5, 0.6) is 5.75 Å². The van der Waals surface area contributed by atoms with E-state index in [1.54, 1.807) is 30.3 Å². The van der Waals surface area contributed by atoms with Crippen molar-refractivity contribution in [1.82, 2.24) is 5.32 Å². The number of nitrogens with zero attached hydrogens (tertiary/aromatic N) is 1. The predicted octanol–water partition coefficient (Wildman–Crippen LogP) is 2.62. The maximum absolute atomic E-state index is 13.3. The van der Waals surface area contributed by atoms with Gasteiger partial charge in [-0.25, -0.2) is 4.39 Å². The number of carbonyl (C=O) groups excluding carboxylic acids is 2. The molecule has 1 N–H and O–H groups in total. The molecule has 6 heteroatoms. The smallest absolute Gasteiger partial charge is 0.251 e. The van der Waals surface area contributed by atoms with Crippen LogP contribution in [0.25, 0.3) is 0 Å². The van der Waals surface area contributed by atoms with Crippen molar-refractivity contribution >= 4 is 17.5 Å². The van der Waals surface area contributed by atoms with Gasteiger partial charge in [0.2, 0.25) is 5.91 Å². The molecule has 2 amide bonds. The summed E-state index contributed by atoms with van der Waals surface area (Å²) >= 11 is 0. The number of halogens is 1. The molecule has 0 saturated heterocycles. The lowest BCUT2D eigenvalue weighted by Crippen LogP contribution is -2.37. The van der Waals surface area contributed by atoms with E-state index in [-0.39, 0.29) is 24.9 Å². The number of methoxy groups -OCH3 is 1. The fourth-order valence-corrected chi connectivity index (χ4v) is 2.26. The summed E-state index contributed by atoms with van der Waals surface area (Å²) in [6.45, 7) is 1.88. The van der Waals surface area contributed by atoms with Crippen LogP contribution < -0.4 is 15.0 Å². The number of anilines is 1. The number of nitrogens with one attached hydrogen (secondary N) is 1. The first-order valence-electron chi connectivity index (χ1n) is 7.47. The largest absolute Gasteiger partial charge is 0.497 e. The van der Waals surface area contributed by atoms with Crippen LogP contribution in [0.15, 0.2) is 48.5 Å². The molecule has 2 aromatic rings. The van der Waals surface area contributed by atoms with Gasteiger partial charge in [-0.2, -0.15) is 0 Å². The van der Waals surface area contributed by atoms with Gasteiger partial charge in [-0.15, -0.1) is 0 Å². The zero-order valence-corrected chi connectivity index (χ0v) is 13.6. The zero-order chi connectivity index (χ0) is 17.5. The highest BCUT2D eigenvalue weighted by Gasteiger charge is 2.13. The summed E-state index contributed by atoms with van der Waals surface area (Å²) in [5, 5.41) is 2.74. The first-order valence-corrected chi connectivity index (χ1v) is 7.47. The topological polar surface area (TPSA) is 58.6 Å². The predicted molar refractivity (Wildman–Crippen MR) is 89.8 cm³/mol. The molecule has 0 spiro atoms. The molecule has 0 aliphatic heterocycles. The average molecular weight is 330 g/mol. The Hall–Kier alpha value is -2.89. The summed E-state index contributed by atoms with van der Waals surface area (Å²) < 4.78 is 18.4. The minimum absolute atomic E-state index is 0.226. The Labute approximate surface area is 140 Å². The van der Waals surface area contributed by atoms with E-state index in [0.29, 0.717) is 17.0 Å². The molecule has 0 heterocycles. The Morgan fingerprint density at radius 3 is 2.58 bits per heavy atom. The Morgan fingerprint density at radius 1 is 1.17 bits per heavy atom. The summed E-state index contributed by atoms with van der Waals surface area (Å²) in [5.74, 6) is -0.320. The fraction of sp³-hybridized carbons (Fsp3) is 0.222. The highest BCUT2D eigenvalue weighted by molar-refractivity contribution is 5.95. The van der Waals surface area contributed by atoms with Gasteiger partial charge in [0.1, 0.15) is 11.6 Å². The zero-order valence-electron chi connectivity index (χ0n) is 13.6. The Bertz CT molecular complexity index is 734. The van der Waals surface area contributed by atoms with Crippen molar-refractivity contribution in [1.29, 1.82) is 0 Å². The number of hydrogen-bond donors (Lipinski definition) is 1. The van der Waals surface area contributed by atoms with Crippen LogP contribution >= 0.6 is 0 Å². The first kappa shape index (κ1) is 17.5. The third-order valence-corrected chi connectivity index (χ3v) is 3.45. The Morgan fingerprint density at radius 2 is 1.92 bits per heavy atom. The third-order valence-electron chi connectivity index (χ3n) is 3.45. The highest BCUT2D eigenvalue weighted by atomic mass is 19.1. The molecule has 2 rings (SSSR count). The van der Waals surface area contributed by atoms with E-state index < -0.39 is 5.82 Å². The summed E-state index contributed by atoms with van der Waals surface area (Å²) in [6.07, 6.45) is 0. The molecule has 0 aromatic heterocycles. The maximum atomic E-state index is 13.3. The van der Waals surface area contributed by atoms with E-state index in [4.69, 9.17) is 4.74 Å². The van der Waals surface area contributed by atoms with Crippen molar-refractivity contribution in [2.75, 3.05) is 25.1 Å². The quantitative estimate of drug-likeness (QED) is 0.886. The molecule has 0 saturated carbocycles. The molecule has 0 aliphatic carbocycles. The van der Waals surface area contributed by atoms with Gasteiger partial charge in [-0.3, -0.25) is 9.59 Å². The lowest BCUT2D eigenvalue weighted by Gasteiger charge is -2.21. The van der Waals surface area contributed by atoms with Gasteiger partial charge in [-0.1, -0.05) is 12.1 Å². The standard InChI is InChI=1S/C18H19FN2O3/c1-13(22)21(16-7-4-6-15(19)12-16)10-9-20-18(23)14-5-3-8-17(11-14)24-2/h3-8,11-12H,9-10H2,1-2H3,(H,20,23). The van der Waals surface area contributed by atoms with E-state index in [9.17, 15) is 14.0 Å². The second kappa shape index (κ2) is 8.10. The van der Waals surface area contributed by atoms with E-state index in [2.05, 4.69) is 5.32 Å². The second-order valence-corrected chi connectivity index (χ2v) is 5.14. The lowest BCUT2D eigenvalue weighted by atomic mass is 10.2. The van der Waals surface area contributed by atoms with Crippen LogP contribution in [0.4, 0.5) is 10.1 Å². The van der Waals surface area contributed by atoms with Crippen LogP contribution in [-0.4, -0.2) is 32.0 Å². The molecular formula is C18H19FN2O3. The van der Waals surface area contributed by atoms with Crippen molar-refractivity contribution < 1.29 is 18.7 Å². The van der Waals surface area contributed by atoms with Crippen LogP contribution in [0.1, 0.15) is 17.3 Å². The summed E-state index contributed by atoms with van der Waals surface area (Å²) in [6, 6.07) is 12.6. The molecule has 0 unspecified atom stereocenters. The molecular weight excluding hydrogens is 311 g/mol. The van der Waals surface area contributed by atoms with Crippen molar-refractivity contribution in [2.24, 2.45) is 0 Å². The SMILES string of the molecule is COc1cccc(C(=O)NCCN(C(C)=O)c2cccc(F)c2)c1.